The predicted molar refractivity (Wildman–Crippen MR) is 83.0 cm³/mol. The van der Waals surface area contributed by atoms with Gasteiger partial charge in [-0.05, 0) is 19.3 Å². The topological polar surface area (TPSA) is 29.0 Å². The lowest BCUT2D eigenvalue weighted by molar-refractivity contribution is 0.552. The molecular weight excluding hydrogens is 302 g/mol. The van der Waals surface area contributed by atoms with Gasteiger partial charge in [-0.25, -0.2) is 0 Å². The Bertz CT molecular complexity index is 599. The van der Waals surface area contributed by atoms with Crippen LogP contribution >= 0.6 is 15.9 Å². The second-order valence-corrected chi connectivity index (χ2v) is 5.98. The molecule has 0 spiro atoms. The van der Waals surface area contributed by atoms with E-state index >= 15 is 0 Å². The van der Waals surface area contributed by atoms with Crippen molar-refractivity contribution in [3.05, 3.63) is 30.0 Å². The molecule has 1 aliphatic rings. The second-order valence-electron chi connectivity index (χ2n) is 5.34. The molecule has 0 radical (unpaired) electrons. The molecule has 0 bridgehead atoms. The minimum absolute atomic E-state index is 0.514. The van der Waals surface area contributed by atoms with E-state index in [1.165, 1.54) is 17.2 Å². The number of nitrogens with zero attached hydrogens (tertiary/aromatic N) is 3. The van der Waals surface area contributed by atoms with Crippen molar-refractivity contribution < 1.29 is 0 Å². The van der Waals surface area contributed by atoms with E-state index in [0.29, 0.717) is 12.0 Å². The van der Waals surface area contributed by atoms with Gasteiger partial charge in [-0.3, -0.25) is 0 Å². The Morgan fingerprint density at radius 1 is 1.26 bits per heavy atom. The van der Waals surface area contributed by atoms with Gasteiger partial charge in [0, 0.05) is 28.7 Å². The summed E-state index contributed by atoms with van der Waals surface area (Å²) in [5.41, 5.74) is 1.00. The SMILES string of the molecule is Cc1nnc(N2CCC(C)C2CBr)c2ccccc12. The number of aryl methyl sites for hydroxylation is 1. The van der Waals surface area contributed by atoms with E-state index in [4.69, 9.17) is 0 Å². The van der Waals surface area contributed by atoms with Crippen LogP contribution in [0.15, 0.2) is 24.3 Å². The summed E-state index contributed by atoms with van der Waals surface area (Å²) >= 11 is 3.64. The van der Waals surface area contributed by atoms with E-state index in [-0.39, 0.29) is 0 Å². The Kier molecular flexibility index (Phi) is 3.44. The molecule has 3 rings (SSSR count). The average molecular weight is 320 g/mol. The summed E-state index contributed by atoms with van der Waals surface area (Å²) in [7, 11) is 0. The second kappa shape index (κ2) is 5.08. The van der Waals surface area contributed by atoms with Crippen molar-refractivity contribution in [1.29, 1.82) is 0 Å². The first kappa shape index (κ1) is 12.9. The zero-order valence-corrected chi connectivity index (χ0v) is 12.9. The van der Waals surface area contributed by atoms with Crippen molar-refractivity contribution in [2.24, 2.45) is 5.92 Å². The van der Waals surface area contributed by atoms with Gasteiger partial charge in [-0.1, -0.05) is 47.1 Å². The van der Waals surface area contributed by atoms with Crippen LogP contribution in [0.25, 0.3) is 10.8 Å². The van der Waals surface area contributed by atoms with E-state index in [0.717, 1.165) is 23.4 Å². The average Bonchev–Trinajstić information content (AvgIpc) is 2.80. The fourth-order valence-electron chi connectivity index (χ4n) is 2.94. The predicted octanol–water partition coefficient (Wildman–Crippen LogP) is 3.55. The lowest BCUT2D eigenvalue weighted by Crippen LogP contribution is -2.34. The highest BCUT2D eigenvalue weighted by molar-refractivity contribution is 9.09. The number of rotatable bonds is 2. The number of aromatic nitrogens is 2. The van der Waals surface area contributed by atoms with E-state index in [1.54, 1.807) is 0 Å². The first-order chi connectivity index (χ1) is 9.22. The molecule has 0 saturated carbocycles. The summed E-state index contributed by atoms with van der Waals surface area (Å²) in [5, 5.41) is 12.2. The number of alkyl halides is 1. The van der Waals surface area contributed by atoms with Gasteiger partial charge < -0.3 is 4.90 Å². The van der Waals surface area contributed by atoms with Gasteiger partial charge in [0.25, 0.3) is 0 Å². The van der Waals surface area contributed by atoms with Crippen LogP contribution in [0, 0.1) is 12.8 Å². The summed E-state index contributed by atoms with van der Waals surface area (Å²) in [4.78, 5) is 2.41. The van der Waals surface area contributed by atoms with Crippen LogP contribution in [0.1, 0.15) is 19.0 Å². The molecule has 1 aromatic heterocycles. The van der Waals surface area contributed by atoms with Crippen LogP contribution in [-0.4, -0.2) is 28.1 Å². The highest BCUT2D eigenvalue weighted by Crippen LogP contribution is 2.33. The number of fused-ring (bicyclic) bond motifs is 1. The lowest BCUT2D eigenvalue weighted by Gasteiger charge is -2.27. The number of benzene rings is 1. The third-order valence-corrected chi connectivity index (χ3v) is 4.83. The lowest BCUT2D eigenvalue weighted by atomic mass is 10.0. The fourth-order valence-corrected chi connectivity index (χ4v) is 3.93. The minimum atomic E-state index is 0.514. The van der Waals surface area contributed by atoms with E-state index in [2.05, 4.69) is 62.2 Å². The van der Waals surface area contributed by atoms with Crippen molar-refractivity contribution in [2.45, 2.75) is 26.3 Å². The molecule has 1 aromatic carbocycles. The third kappa shape index (κ3) is 2.12. The van der Waals surface area contributed by atoms with Crippen LogP contribution < -0.4 is 4.90 Å². The normalized spacial score (nSPS) is 23.2. The molecule has 1 aliphatic heterocycles. The molecule has 0 aliphatic carbocycles. The first-order valence-electron chi connectivity index (χ1n) is 6.77. The quantitative estimate of drug-likeness (QED) is 0.793. The Hall–Kier alpha value is -1.16. The van der Waals surface area contributed by atoms with E-state index in [9.17, 15) is 0 Å². The Morgan fingerprint density at radius 3 is 2.74 bits per heavy atom. The Labute approximate surface area is 122 Å². The Balaban J connectivity index is 2.13. The highest BCUT2D eigenvalue weighted by Gasteiger charge is 2.32. The summed E-state index contributed by atoms with van der Waals surface area (Å²) < 4.78 is 0. The van der Waals surface area contributed by atoms with E-state index < -0.39 is 0 Å². The van der Waals surface area contributed by atoms with Crippen molar-refractivity contribution >= 4 is 32.5 Å². The fraction of sp³-hybridized carbons (Fsp3) is 0.467. The maximum absolute atomic E-state index is 4.48. The molecule has 1 fully saturated rings. The highest BCUT2D eigenvalue weighted by atomic mass is 79.9. The molecule has 0 amide bonds. The first-order valence-corrected chi connectivity index (χ1v) is 7.89. The smallest absolute Gasteiger partial charge is 0.159 e. The van der Waals surface area contributed by atoms with Gasteiger partial charge in [0.1, 0.15) is 0 Å². The van der Waals surface area contributed by atoms with Gasteiger partial charge in [0.15, 0.2) is 5.82 Å². The van der Waals surface area contributed by atoms with Crippen molar-refractivity contribution in [3.8, 4) is 0 Å². The molecule has 2 unspecified atom stereocenters. The van der Waals surface area contributed by atoms with Crippen LogP contribution in [0.2, 0.25) is 0 Å². The summed E-state index contributed by atoms with van der Waals surface area (Å²) in [6, 6.07) is 8.94. The number of halogens is 1. The van der Waals surface area contributed by atoms with Crippen LogP contribution in [0.3, 0.4) is 0 Å². The van der Waals surface area contributed by atoms with Gasteiger partial charge in [0.2, 0.25) is 0 Å². The molecule has 0 N–H and O–H groups in total. The summed E-state index contributed by atoms with van der Waals surface area (Å²) in [6.45, 7) is 5.41. The Morgan fingerprint density at radius 2 is 2.00 bits per heavy atom. The number of anilines is 1. The zero-order valence-electron chi connectivity index (χ0n) is 11.3. The number of hydrogen-bond acceptors (Lipinski definition) is 3. The molecule has 2 atom stereocenters. The molecule has 2 heterocycles. The number of hydrogen-bond donors (Lipinski definition) is 0. The van der Waals surface area contributed by atoms with Crippen LogP contribution in [-0.2, 0) is 0 Å². The summed E-state index contributed by atoms with van der Waals surface area (Å²) in [5.74, 6) is 1.73. The van der Waals surface area contributed by atoms with Crippen molar-refractivity contribution in [1.82, 2.24) is 10.2 Å². The molecule has 1 saturated heterocycles. The maximum Gasteiger partial charge on any atom is 0.159 e. The molecular formula is C15H18BrN3. The molecule has 100 valence electrons. The van der Waals surface area contributed by atoms with Crippen LogP contribution in [0.5, 0.6) is 0 Å². The van der Waals surface area contributed by atoms with E-state index in [1.807, 2.05) is 6.92 Å². The molecule has 3 nitrogen and oxygen atoms in total. The standard InChI is InChI=1S/C15H18BrN3/c1-10-7-8-19(14(10)9-16)15-13-6-4-3-5-12(13)11(2)17-18-15/h3-6,10,14H,7-9H2,1-2H3. The molecule has 19 heavy (non-hydrogen) atoms. The molecule has 2 aromatic rings. The van der Waals surface area contributed by atoms with Crippen LogP contribution in [0.4, 0.5) is 5.82 Å². The summed E-state index contributed by atoms with van der Waals surface area (Å²) in [6.07, 6.45) is 1.22. The van der Waals surface area contributed by atoms with Gasteiger partial charge in [-0.2, -0.15) is 5.10 Å². The largest absolute Gasteiger partial charge is 0.351 e. The molecule has 4 heteroatoms. The van der Waals surface area contributed by atoms with Gasteiger partial charge in [0.05, 0.1) is 5.69 Å². The third-order valence-electron chi connectivity index (χ3n) is 4.17. The monoisotopic (exact) mass is 319 g/mol. The zero-order chi connectivity index (χ0) is 13.4. The minimum Gasteiger partial charge on any atom is -0.351 e. The van der Waals surface area contributed by atoms with Gasteiger partial charge in [-0.15, -0.1) is 5.10 Å². The maximum atomic E-state index is 4.48. The van der Waals surface area contributed by atoms with Gasteiger partial charge >= 0.3 is 0 Å². The van der Waals surface area contributed by atoms with Crippen molar-refractivity contribution in [2.75, 3.05) is 16.8 Å². The van der Waals surface area contributed by atoms with Crippen molar-refractivity contribution in [3.63, 3.8) is 0 Å².